The maximum absolute atomic E-state index is 9.23. The average molecular weight is 244 g/mol. The molecule has 98 valence electrons. The zero-order valence-corrected chi connectivity index (χ0v) is 11.2. The highest BCUT2D eigenvalue weighted by atomic mass is 15.2. The largest absolute Gasteiger partial charge is 0.288 e. The number of rotatable bonds is 2. The summed E-state index contributed by atoms with van der Waals surface area (Å²) in [6.07, 6.45) is 9.97. The summed E-state index contributed by atoms with van der Waals surface area (Å²) in [7, 11) is 0. The van der Waals surface area contributed by atoms with Gasteiger partial charge in [-0.3, -0.25) is 4.90 Å². The molecule has 2 nitrogen and oxygen atoms in total. The van der Waals surface area contributed by atoms with Crippen LogP contribution < -0.4 is 0 Å². The molecule has 0 spiro atoms. The van der Waals surface area contributed by atoms with Crippen LogP contribution in [0.4, 0.5) is 0 Å². The second-order valence-electron chi connectivity index (χ2n) is 7.38. The van der Waals surface area contributed by atoms with Crippen LogP contribution in [0.3, 0.4) is 0 Å². The summed E-state index contributed by atoms with van der Waals surface area (Å²) in [4.78, 5) is 2.51. The second kappa shape index (κ2) is 4.23. The molecule has 5 fully saturated rings. The molecule has 0 radical (unpaired) electrons. The smallest absolute Gasteiger partial charge is 0.0978 e. The van der Waals surface area contributed by atoms with Crippen LogP contribution in [0.15, 0.2) is 0 Å². The molecule has 1 aliphatic heterocycles. The predicted octanol–water partition coefficient (Wildman–Crippen LogP) is 3.05. The van der Waals surface area contributed by atoms with Gasteiger partial charge in [-0.25, -0.2) is 0 Å². The van der Waals surface area contributed by atoms with Crippen LogP contribution in [-0.2, 0) is 0 Å². The van der Waals surface area contributed by atoms with Crippen molar-refractivity contribution in [1.29, 1.82) is 5.26 Å². The molecular formula is C16H24N2. The van der Waals surface area contributed by atoms with E-state index in [0.717, 1.165) is 36.0 Å². The first-order valence-electron chi connectivity index (χ1n) is 7.97. The van der Waals surface area contributed by atoms with E-state index in [4.69, 9.17) is 0 Å². The summed E-state index contributed by atoms with van der Waals surface area (Å²) >= 11 is 0. The molecule has 5 rings (SSSR count). The van der Waals surface area contributed by atoms with Gasteiger partial charge >= 0.3 is 0 Å². The third-order valence-corrected chi connectivity index (χ3v) is 6.38. The van der Waals surface area contributed by atoms with Gasteiger partial charge in [-0.2, -0.15) is 5.26 Å². The first-order chi connectivity index (χ1) is 8.83. The summed E-state index contributed by atoms with van der Waals surface area (Å²) < 4.78 is 0. The van der Waals surface area contributed by atoms with Gasteiger partial charge in [0.1, 0.15) is 0 Å². The SMILES string of the molecule is N#CC1CCCN1CC1C2CC3CC(C2)CC1C3. The van der Waals surface area contributed by atoms with Crippen LogP contribution in [0.2, 0.25) is 0 Å². The standard InChI is InChI=1S/C16H24N2/c17-9-15-2-1-3-18(15)10-16-13-5-11-4-12(7-13)8-14(16)6-11/h11-16H,1-8,10H2. The first kappa shape index (κ1) is 11.3. The van der Waals surface area contributed by atoms with E-state index in [1.165, 1.54) is 45.2 Å². The normalized spacial score (nSPS) is 50.6. The Morgan fingerprint density at radius 1 is 1.00 bits per heavy atom. The van der Waals surface area contributed by atoms with E-state index in [-0.39, 0.29) is 6.04 Å². The number of hydrogen-bond acceptors (Lipinski definition) is 2. The van der Waals surface area contributed by atoms with Crippen LogP contribution in [0, 0.1) is 40.9 Å². The molecule has 0 aromatic carbocycles. The molecular weight excluding hydrogens is 220 g/mol. The zero-order chi connectivity index (χ0) is 12.1. The Hall–Kier alpha value is -0.550. The Kier molecular flexibility index (Phi) is 2.66. The van der Waals surface area contributed by atoms with Crippen LogP contribution >= 0.6 is 0 Å². The van der Waals surface area contributed by atoms with Crippen LogP contribution in [0.25, 0.3) is 0 Å². The third kappa shape index (κ3) is 1.71. The van der Waals surface area contributed by atoms with Crippen molar-refractivity contribution in [3.05, 3.63) is 0 Å². The number of nitriles is 1. The Morgan fingerprint density at radius 3 is 2.28 bits per heavy atom. The van der Waals surface area contributed by atoms with Gasteiger partial charge in [0.15, 0.2) is 0 Å². The van der Waals surface area contributed by atoms with Crippen molar-refractivity contribution >= 4 is 0 Å². The van der Waals surface area contributed by atoms with Crippen molar-refractivity contribution < 1.29 is 0 Å². The Labute approximate surface area is 110 Å². The van der Waals surface area contributed by atoms with Gasteiger partial charge in [0.25, 0.3) is 0 Å². The molecule has 2 heteroatoms. The monoisotopic (exact) mass is 244 g/mol. The fourth-order valence-electron chi connectivity index (χ4n) is 5.80. The summed E-state index contributed by atoms with van der Waals surface area (Å²) in [5, 5.41) is 9.23. The number of likely N-dealkylation sites (tertiary alicyclic amines) is 1. The molecule has 0 N–H and O–H groups in total. The molecule has 0 amide bonds. The topological polar surface area (TPSA) is 27.0 Å². The molecule has 4 bridgehead atoms. The highest BCUT2D eigenvalue weighted by Crippen LogP contribution is 2.56. The summed E-state index contributed by atoms with van der Waals surface area (Å²) in [5.74, 6) is 5.12. The highest BCUT2D eigenvalue weighted by molar-refractivity contribution is 5.02. The van der Waals surface area contributed by atoms with Gasteiger partial charge in [0.05, 0.1) is 12.1 Å². The molecule has 18 heavy (non-hydrogen) atoms. The summed E-state index contributed by atoms with van der Waals surface area (Å²) in [6.45, 7) is 2.42. The molecule has 0 aromatic heterocycles. The van der Waals surface area contributed by atoms with Gasteiger partial charge < -0.3 is 0 Å². The lowest BCUT2D eigenvalue weighted by molar-refractivity contribution is -0.0486. The van der Waals surface area contributed by atoms with Crippen molar-refractivity contribution in [2.24, 2.45) is 29.6 Å². The minimum atomic E-state index is 0.238. The van der Waals surface area contributed by atoms with Gasteiger partial charge in [0.2, 0.25) is 0 Å². The van der Waals surface area contributed by atoms with Crippen molar-refractivity contribution in [3.8, 4) is 6.07 Å². The maximum atomic E-state index is 9.23. The molecule has 4 saturated carbocycles. The highest BCUT2D eigenvalue weighted by Gasteiger charge is 2.48. The molecule has 1 heterocycles. The molecule has 5 aliphatic rings. The van der Waals surface area contributed by atoms with Crippen molar-refractivity contribution in [1.82, 2.24) is 4.90 Å². The second-order valence-corrected chi connectivity index (χ2v) is 7.38. The quantitative estimate of drug-likeness (QED) is 0.746. The van der Waals surface area contributed by atoms with Crippen LogP contribution in [0.5, 0.6) is 0 Å². The van der Waals surface area contributed by atoms with Gasteiger partial charge in [-0.1, -0.05) is 0 Å². The van der Waals surface area contributed by atoms with Crippen molar-refractivity contribution in [3.63, 3.8) is 0 Å². The minimum absolute atomic E-state index is 0.238. The number of hydrogen-bond donors (Lipinski definition) is 0. The van der Waals surface area contributed by atoms with E-state index >= 15 is 0 Å². The zero-order valence-electron chi connectivity index (χ0n) is 11.2. The van der Waals surface area contributed by atoms with Gasteiger partial charge in [-0.05, 0) is 81.1 Å². The average Bonchev–Trinajstić information content (AvgIpc) is 2.80. The third-order valence-electron chi connectivity index (χ3n) is 6.38. The maximum Gasteiger partial charge on any atom is 0.0978 e. The van der Waals surface area contributed by atoms with E-state index < -0.39 is 0 Å². The number of nitrogens with zero attached hydrogens (tertiary/aromatic N) is 2. The molecule has 0 aromatic rings. The molecule has 1 atom stereocenters. The van der Waals surface area contributed by atoms with Gasteiger partial charge in [0, 0.05) is 6.54 Å². The molecule has 4 aliphatic carbocycles. The predicted molar refractivity (Wildman–Crippen MR) is 70.7 cm³/mol. The van der Waals surface area contributed by atoms with Crippen molar-refractivity contribution in [2.45, 2.75) is 51.0 Å². The minimum Gasteiger partial charge on any atom is -0.288 e. The lowest BCUT2D eigenvalue weighted by Gasteiger charge is -2.55. The lowest BCUT2D eigenvalue weighted by Crippen LogP contribution is -2.49. The Bertz CT molecular complexity index is 342. The summed E-state index contributed by atoms with van der Waals surface area (Å²) in [6, 6.07) is 2.75. The molecule has 1 saturated heterocycles. The fourth-order valence-corrected chi connectivity index (χ4v) is 5.80. The van der Waals surface area contributed by atoms with E-state index in [1.807, 2.05) is 0 Å². The Balaban J connectivity index is 1.47. The fraction of sp³-hybridized carbons (Fsp3) is 0.938. The van der Waals surface area contributed by atoms with Gasteiger partial charge in [-0.15, -0.1) is 0 Å². The van der Waals surface area contributed by atoms with Crippen LogP contribution in [0.1, 0.15) is 44.9 Å². The van der Waals surface area contributed by atoms with Crippen LogP contribution in [-0.4, -0.2) is 24.0 Å². The van der Waals surface area contributed by atoms with Crippen molar-refractivity contribution in [2.75, 3.05) is 13.1 Å². The van der Waals surface area contributed by atoms with E-state index in [2.05, 4.69) is 11.0 Å². The van der Waals surface area contributed by atoms with E-state index in [9.17, 15) is 5.26 Å². The molecule has 1 unspecified atom stereocenters. The van der Waals surface area contributed by atoms with E-state index in [0.29, 0.717) is 0 Å². The summed E-state index contributed by atoms with van der Waals surface area (Å²) in [5.41, 5.74) is 0. The lowest BCUT2D eigenvalue weighted by atomic mass is 9.52. The van der Waals surface area contributed by atoms with E-state index in [1.54, 1.807) is 6.42 Å². The first-order valence-corrected chi connectivity index (χ1v) is 7.97. The Morgan fingerprint density at radius 2 is 1.67 bits per heavy atom.